The van der Waals surface area contributed by atoms with Gasteiger partial charge in [-0.15, -0.1) is 23.2 Å². The molecule has 2 atom stereocenters. The third kappa shape index (κ3) is 11.4. The van der Waals surface area contributed by atoms with E-state index >= 15 is 0 Å². The highest BCUT2D eigenvalue weighted by Gasteiger charge is 2.45. The highest BCUT2D eigenvalue weighted by molar-refractivity contribution is 7.92. The van der Waals surface area contributed by atoms with E-state index in [0.717, 1.165) is 0 Å². The van der Waals surface area contributed by atoms with Gasteiger partial charge >= 0.3 is 12.4 Å². The molecule has 0 aromatic heterocycles. The van der Waals surface area contributed by atoms with Crippen LogP contribution in [0.5, 0.6) is 0 Å². The van der Waals surface area contributed by atoms with Crippen molar-refractivity contribution < 1.29 is 34.8 Å². The average molecular weight is 439 g/mol. The third-order valence-corrected chi connectivity index (χ3v) is 6.86. The molecule has 0 fully saturated rings. The molecule has 0 radical (unpaired) electrons. The molecule has 0 aliphatic carbocycles. The van der Waals surface area contributed by atoms with Gasteiger partial charge in [-0.05, 0) is 25.7 Å². The number of hydrogen-bond donors (Lipinski definition) is 0. The highest BCUT2D eigenvalue weighted by Crippen LogP contribution is 2.35. The topological polar surface area (TPSA) is 34.1 Å². The number of rotatable bonds is 12. The second kappa shape index (κ2) is 11.1. The Hall–Kier alpha value is 0.110. The minimum Gasteiger partial charge on any atom is -0.228 e. The summed E-state index contributed by atoms with van der Waals surface area (Å²) in [7, 11) is -4.62. The normalized spacial score (nSPS) is 16.0. The molecule has 0 aromatic rings. The fraction of sp³-hybridized carbons (Fsp3) is 1.00. The van der Waals surface area contributed by atoms with E-state index in [4.69, 9.17) is 23.2 Å². The second-order valence-electron chi connectivity index (χ2n) is 5.84. The van der Waals surface area contributed by atoms with Crippen LogP contribution in [0, 0.1) is 0 Å². The Bertz CT molecular complexity index is 429. The maximum Gasteiger partial charge on any atom is 0.390 e. The van der Waals surface area contributed by atoms with Gasteiger partial charge < -0.3 is 0 Å². The predicted octanol–water partition coefficient (Wildman–Crippen LogP) is 5.86. The minimum atomic E-state index is -4.78. The van der Waals surface area contributed by atoms with Gasteiger partial charge in [0.1, 0.15) is 0 Å². The number of unbranched alkanes of at least 4 members (excludes halogenated alkanes) is 2. The van der Waals surface area contributed by atoms with Gasteiger partial charge in [-0.3, -0.25) is 0 Å². The summed E-state index contributed by atoms with van der Waals surface area (Å²) in [5.74, 6) is 0.279. The molecule has 0 aromatic carbocycles. The minimum absolute atomic E-state index is 0.101. The van der Waals surface area contributed by atoms with Crippen molar-refractivity contribution in [2.24, 2.45) is 0 Å². The van der Waals surface area contributed by atoms with Crippen LogP contribution in [0.25, 0.3) is 0 Å². The van der Waals surface area contributed by atoms with Gasteiger partial charge in [0.05, 0.1) is 23.3 Å². The van der Waals surface area contributed by atoms with E-state index in [1.54, 1.807) is 0 Å². The van der Waals surface area contributed by atoms with Crippen LogP contribution in [0.2, 0.25) is 0 Å². The zero-order valence-corrected chi connectivity index (χ0v) is 15.8. The van der Waals surface area contributed by atoms with E-state index in [0.29, 0.717) is 12.8 Å². The molecule has 2 nitrogen and oxygen atoms in total. The molecule has 25 heavy (non-hydrogen) atoms. The first-order chi connectivity index (χ1) is 11.3. The molecule has 0 heterocycles. The zero-order chi connectivity index (χ0) is 19.7. The average Bonchev–Trinajstić information content (AvgIpc) is 2.43. The van der Waals surface area contributed by atoms with Crippen LogP contribution in [0.4, 0.5) is 26.3 Å². The SMILES string of the molecule is O=S(=O)(C(CCCCCl)CC(F)(F)F)C(CCCCCl)CC(F)(F)F. The van der Waals surface area contributed by atoms with E-state index < -0.39 is 45.5 Å². The van der Waals surface area contributed by atoms with Crippen molar-refractivity contribution in [2.75, 3.05) is 11.8 Å². The van der Waals surface area contributed by atoms with Crippen molar-refractivity contribution in [2.45, 2.75) is 74.2 Å². The molecule has 152 valence electrons. The van der Waals surface area contributed by atoms with E-state index in [1.807, 2.05) is 0 Å². The fourth-order valence-corrected chi connectivity index (χ4v) is 5.24. The molecule has 0 saturated heterocycles. The standard InChI is InChI=1S/C14H22Cl2F6O2S/c15-7-3-1-5-11(9-13(17,18)19)25(23,24)12(6-2-4-8-16)10-14(20,21)22/h11-12H,1-10H2. The molecule has 11 heteroatoms. The smallest absolute Gasteiger partial charge is 0.228 e. The molecule has 0 amide bonds. The molecule has 0 aliphatic heterocycles. The Labute approximate surface area is 154 Å². The van der Waals surface area contributed by atoms with Gasteiger partial charge in [0.15, 0.2) is 9.84 Å². The Morgan fingerprint density at radius 3 is 1.24 bits per heavy atom. The highest BCUT2D eigenvalue weighted by atomic mass is 35.5. The van der Waals surface area contributed by atoms with Crippen molar-refractivity contribution in [3.63, 3.8) is 0 Å². The van der Waals surface area contributed by atoms with Gasteiger partial charge in [0.2, 0.25) is 0 Å². The Morgan fingerprint density at radius 1 is 0.680 bits per heavy atom. The molecule has 0 spiro atoms. The molecule has 0 N–H and O–H groups in total. The van der Waals surface area contributed by atoms with Gasteiger partial charge in [0, 0.05) is 11.8 Å². The van der Waals surface area contributed by atoms with Crippen LogP contribution in [-0.2, 0) is 9.84 Å². The Kier molecular flexibility index (Phi) is 11.1. The van der Waals surface area contributed by atoms with E-state index in [1.165, 1.54) is 0 Å². The number of hydrogen-bond acceptors (Lipinski definition) is 2. The second-order valence-corrected chi connectivity index (χ2v) is 9.11. The first-order valence-electron chi connectivity index (χ1n) is 7.81. The van der Waals surface area contributed by atoms with Crippen molar-refractivity contribution in [1.82, 2.24) is 0 Å². The van der Waals surface area contributed by atoms with Crippen LogP contribution in [-0.4, -0.2) is 43.0 Å². The van der Waals surface area contributed by atoms with Crippen molar-refractivity contribution in [1.29, 1.82) is 0 Å². The van der Waals surface area contributed by atoms with Gasteiger partial charge in [0.25, 0.3) is 0 Å². The summed E-state index contributed by atoms with van der Waals surface area (Å²) >= 11 is 10.9. The van der Waals surface area contributed by atoms with Crippen LogP contribution in [0.3, 0.4) is 0 Å². The summed E-state index contributed by atoms with van der Waals surface area (Å²) in [5, 5.41) is -3.78. The third-order valence-electron chi connectivity index (χ3n) is 3.67. The van der Waals surface area contributed by atoms with Crippen LogP contribution in [0.15, 0.2) is 0 Å². The lowest BCUT2D eigenvalue weighted by molar-refractivity contribution is -0.136. The molecule has 0 saturated carbocycles. The first kappa shape index (κ1) is 25.1. The number of sulfone groups is 1. The van der Waals surface area contributed by atoms with Gasteiger partial charge in [-0.25, -0.2) is 8.42 Å². The van der Waals surface area contributed by atoms with E-state index in [2.05, 4.69) is 0 Å². The van der Waals surface area contributed by atoms with Crippen molar-refractivity contribution in [3.8, 4) is 0 Å². The zero-order valence-electron chi connectivity index (χ0n) is 13.5. The first-order valence-corrected chi connectivity index (χ1v) is 10.5. The molecular formula is C14H22Cl2F6O2S. The number of alkyl halides is 8. The Balaban J connectivity index is 5.43. The maximum atomic E-state index is 12.7. The van der Waals surface area contributed by atoms with Gasteiger partial charge in [-0.2, -0.15) is 26.3 Å². The summed E-state index contributed by atoms with van der Waals surface area (Å²) in [6.45, 7) is 0. The Morgan fingerprint density at radius 2 is 1.00 bits per heavy atom. The lowest BCUT2D eigenvalue weighted by atomic mass is 10.1. The van der Waals surface area contributed by atoms with Crippen LogP contribution >= 0.6 is 23.2 Å². The van der Waals surface area contributed by atoms with E-state index in [9.17, 15) is 34.8 Å². The summed E-state index contributed by atoms with van der Waals surface area (Å²) in [4.78, 5) is 0. The molecule has 0 bridgehead atoms. The summed E-state index contributed by atoms with van der Waals surface area (Å²) in [6, 6.07) is 0. The predicted molar refractivity (Wildman–Crippen MR) is 87.0 cm³/mol. The largest absolute Gasteiger partial charge is 0.390 e. The molecular weight excluding hydrogens is 417 g/mol. The molecule has 2 unspecified atom stereocenters. The van der Waals surface area contributed by atoms with Crippen molar-refractivity contribution in [3.05, 3.63) is 0 Å². The summed E-state index contributed by atoms with van der Waals surface area (Å²) in [5.41, 5.74) is 0. The molecule has 0 rings (SSSR count). The van der Waals surface area contributed by atoms with Crippen molar-refractivity contribution >= 4 is 33.0 Å². The molecule has 0 aliphatic rings. The quantitative estimate of drug-likeness (QED) is 0.217. The van der Waals surface area contributed by atoms with Gasteiger partial charge in [-0.1, -0.05) is 12.8 Å². The summed E-state index contributed by atoms with van der Waals surface area (Å²) < 4.78 is 101. The van der Waals surface area contributed by atoms with Crippen LogP contribution in [0.1, 0.15) is 51.4 Å². The van der Waals surface area contributed by atoms with Crippen LogP contribution < -0.4 is 0 Å². The maximum absolute atomic E-state index is 12.7. The summed E-state index contributed by atoms with van der Waals surface area (Å²) in [6.07, 6.45) is -12.8. The number of halogens is 8. The van der Waals surface area contributed by atoms with E-state index in [-0.39, 0.29) is 37.4 Å². The lowest BCUT2D eigenvalue weighted by Gasteiger charge is -2.26. The monoisotopic (exact) mass is 438 g/mol. The lowest BCUT2D eigenvalue weighted by Crippen LogP contribution is -2.38. The fourth-order valence-electron chi connectivity index (χ4n) is 2.49.